The molecule has 1 heterocycles. The Labute approximate surface area is 107 Å². The number of hydrogen-bond donors (Lipinski definition) is 2. The molecule has 0 radical (unpaired) electrons. The molecule has 0 bridgehead atoms. The predicted molar refractivity (Wildman–Crippen MR) is 68.8 cm³/mol. The average molecular weight is 260 g/mol. The molecule has 1 amide bonds. The van der Waals surface area contributed by atoms with Crippen LogP contribution in [0.1, 0.15) is 19.8 Å². The summed E-state index contributed by atoms with van der Waals surface area (Å²) in [5.74, 6) is -0.537. The van der Waals surface area contributed by atoms with Crippen molar-refractivity contribution in [3.63, 3.8) is 0 Å². The van der Waals surface area contributed by atoms with Crippen molar-refractivity contribution in [2.24, 2.45) is 11.7 Å². The van der Waals surface area contributed by atoms with Crippen LogP contribution in [-0.2, 0) is 14.3 Å². The first kappa shape index (κ1) is 14.3. The molecule has 1 fully saturated rings. The van der Waals surface area contributed by atoms with Gasteiger partial charge in [-0.15, -0.1) is 0 Å². The maximum absolute atomic E-state index is 11.9. The van der Waals surface area contributed by atoms with Gasteiger partial charge >= 0.3 is 0 Å². The van der Waals surface area contributed by atoms with E-state index >= 15 is 0 Å². The molecule has 0 aliphatic carbocycles. The summed E-state index contributed by atoms with van der Waals surface area (Å²) in [4.78, 5) is 12.1. The van der Waals surface area contributed by atoms with E-state index < -0.39 is 11.5 Å². The normalized spacial score (nSPS) is 25.5. The fourth-order valence-corrected chi connectivity index (χ4v) is 2.12. The summed E-state index contributed by atoms with van der Waals surface area (Å²) in [5, 5.41) is 2.84. The Morgan fingerprint density at radius 1 is 1.71 bits per heavy atom. The number of rotatable bonds is 6. The first-order valence-electron chi connectivity index (χ1n) is 5.74. The zero-order chi connectivity index (χ0) is 12.9. The van der Waals surface area contributed by atoms with E-state index in [9.17, 15) is 4.79 Å². The lowest BCUT2D eigenvalue weighted by Crippen LogP contribution is -2.48. The van der Waals surface area contributed by atoms with E-state index in [0.717, 1.165) is 6.42 Å². The van der Waals surface area contributed by atoms with Crippen molar-refractivity contribution in [3.8, 4) is 0 Å². The number of thiocarbonyl (C=S) groups is 1. The number of carbonyl (C=O) groups is 1. The van der Waals surface area contributed by atoms with Gasteiger partial charge in [-0.1, -0.05) is 19.1 Å². The van der Waals surface area contributed by atoms with E-state index in [4.69, 9.17) is 27.4 Å². The Balaban J connectivity index is 2.49. The maximum Gasteiger partial charge on any atom is 0.230 e. The van der Waals surface area contributed by atoms with Gasteiger partial charge in [-0.3, -0.25) is 4.79 Å². The molecular formula is C11H20N2O3S. The van der Waals surface area contributed by atoms with Gasteiger partial charge in [0.05, 0.1) is 17.5 Å². The quantitative estimate of drug-likeness (QED) is 0.668. The molecule has 5 nitrogen and oxygen atoms in total. The molecule has 2 unspecified atom stereocenters. The highest BCUT2D eigenvalue weighted by Gasteiger charge is 2.35. The summed E-state index contributed by atoms with van der Waals surface area (Å²) in [6, 6.07) is 0. The monoisotopic (exact) mass is 260 g/mol. The molecule has 6 heteroatoms. The van der Waals surface area contributed by atoms with E-state index in [1.165, 1.54) is 0 Å². The number of ether oxygens (including phenoxy) is 2. The highest BCUT2D eigenvalue weighted by molar-refractivity contribution is 7.80. The van der Waals surface area contributed by atoms with Crippen LogP contribution in [-0.4, -0.2) is 43.4 Å². The first-order valence-corrected chi connectivity index (χ1v) is 6.15. The van der Waals surface area contributed by atoms with Crippen molar-refractivity contribution < 1.29 is 14.3 Å². The van der Waals surface area contributed by atoms with Gasteiger partial charge in [-0.2, -0.15) is 0 Å². The third kappa shape index (κ3) is 3.62. The highest BCUT2D eigenvalue weighted by Crippen LogP contribution is 2.21. The van der Waals surface area contributed by atoms with Gasteiger partial charge in [0.2, 0.25) is 5.91 Å². The molecule has 0 aromatic carbocycles. The third-order valence-electron chi connectivity index (χ3n) is 3.15. The average Bonchev–Trinajstić information content (AvgIpc) is 2.76. The molecule has 2 atom stereocenters. The van der Waals surface area contributed by atoms with Crippen molar-refractivity contribution >= 4 is 23.1 Å². The summed E-state index contributed by atoms with van der Waals surface area (Å²) in [6.07, 6.45) is 1.39. The van der Waals surface area contributed by atoms with Gasteiger partial charge in [-0.25, -0.2) is 0 Å². The number of hydrogen-bond acceptors (Lipinski definition) is 4. The summed E-state index contributed by atoms with van der Waals surface area (Å²) in [7, 11) is 1.63. The van der Waals surface area contributed by atoms with Crippen molar-refractivity contribution in [1.29, 1.82) is 0 Å². The molecule has 0 saturated carbocycles. The zero-order valence-electron chi connectivity index (χ0n) is 10.3. The zero-order valence-corrected chi connectivity index (χ0v) is 11.1. The van der Waals surface area contributed by atoms with Crippen LogP contribution in [0.4, 0.5) is 0 Å². The Morgan fingerprint density at radius 2 is 2.41 bits per heavy atom. The summed E-state index contributed by atoms with van der Waals surface area (Å²) < 4.78 is 10.7. The van der Waals surface area contributed by atoms with Crippen LogP contribution in [0.15, 0.2) is 0 Å². The van der Waals surface area contributed by atoms with Gasteiger partial charge in [0.1, 0.15) is 5.60 Å². The number of nitrogens with two attached hydrogens (primary N) is 1. The number of nitrogens with one attached hydrogen (secondary N) is 1. The van der Waals surface area contributed by atoms with E-state index in [1.54, 1.807) is 7.11 Å². The molecule has 3 N–H and O–H groups in total. The van der Waals surface area contributed by atoms with Crippen LogP contribution in [0.3, 0.4) is 0 Å². The minimum Gasteiger partial charge on any atom is -0.393 e. The molecule has 98 valence electrons. The Kier molecular flexibility index (Phi) is 5.30. The standard InChI is InChI=1S/C11H20N2O3S/c1-3-8(9(12)17)10(14)13-6-11(15-2)4-5-16-7-11/h8H,3-7H2,1-2H3,(H2,12,17)(H,13,14). The van der Waals surface area contributed by atoms with Crippen LogP contribution in [0, 0.1) is 5.92 Å². The van der Waals surface area contributed by atoms with E-state index in [2.05, 4.69) is 5.32 Å². The minimum absolute atomic E-state index is 0.136. The second-order valence-electron chi connectivity index (χ2n) is 4.27. The molecule has 0 aromatic rings. The number of amides is 1. The fourth-order valence-electron chi connectivity index (χ4n) is 1.85. The second kappa shape index (κ2) is 6.28. The van der Waals surface area contributed by atoms with Gasteiger partial charge in [0, 0.05) is 26.7 Å². The fraction of sp³-hybridized carbons (Fsp3) is 0.818. The smallest absolute Gasteiger partial charge is 0.230 e. The van der Waals surface area contributed by atoms with Crippen LogP contribution in [0.25, 0.3) is 0 Å². The van der Waals surface area contributed by atoms with E-state index in [1.807, 2.05) is 6.92 Å². The Hall–Kier alpha value is -0.720. The van der Waals surface area contributed by atoms with Crippen LogP contribution < -0.4 is 11.1 Å². The number of methoxy groups -OCH3 is 1. The minimum atomic E-state index is -0.402. The van der Waals surface area contributed by atoms with Crippen molar-refractivity contribution in [2.75, 3.05) is 26.9 Å². The molecule has 1 aliphatic rings. The lowest BCUT2D eigenvalue weighted by Gasteiger charge is -2.26. The van der Waals surface area contributed by atoms with Crippen molar-refractivity contribution in [3.05, 3.63) is 0 Å². The summed E-state index contributed by atoms with van der Waals surface area (Å²) >= 11 is 4.86. The molecule has 1 aliphatic heterocycles. The van der Waals surface area contributed by atoms with Gasteiger partial charge in [-0.05, 0) is 6.42 Å². The van der Waals surface area contributed by atoms with E-state index in [-0.39, 0.29) is 10.9 Å². The molecule has 17 heavy (non-hydrogen) atoms. The van der Waals surface area contributed by atoms with Gasteiger partial charge in [0.25, 0.3) is 0 Å². The lowest BCUT2D eigenvalue weighted by molar-refractivity contribution is -0.124. The topological polar surface area (TPSA) is 73.6 Å². The molecular weight excluding hydrogens is 240 g/mol. The maximum atomic E-state index is 11.9. The summed E-state index contributed by atoms with van der Waals surface area (Å²) in [5.41, 5.74) is 5.11. The third-order valence-corrected chi connectivity index (χ3v) is 3.44. The molecule has 0 aromatic heterocycles. The first-order chi connectivity index (χ1) is 8.04. The lowest BCUT2D eigenvalue weighted by atomic mass is 10.0. The predicted octanol–water partition coefficient (Wildman–Crippen LogP) is 0.220. The Bertz CT molecular complexity index is 290. The van der Waals surface area contributed by atoms with Crippen LogP contribution in [0.2, 0.25) is 0 Å². The second-order valence-corrected chi connectivity index (χ2v) is 4.74. The van der Waals surface area contributed by atoms with E-state index in [0.29, 0.717) is 26.2 Å². The largest absolute Gasteiger partial charge is 0.393 e. The molecule has 0 spiro atoms. The van der Waals surface area contributed by atoms with Crippen molar-refractivity contribution in [2.45, 2.75) is 25.4 Å². The number of carbonyl (C=O) groups excluding carboxylic acids is 1. The van der Waals surface area contributed by atoms with Gasteiger partial charge in [0.15, 0.2) is 0 Å². The molecule has 1 rings (SSSR count). The van der Waals surface area contributed by atoms with Crippen LogP contribution >= 0.6 is 12.2 Å². The highest BCUT2D eigenvalue weighted by atomic mass is 32.1. The van der Waals surface area contributed by atoms with Crippen molar-refractivity contribution in [1.82, 2.24) is 5.32 Å². The van der Waals surface area contributed by atoms with Gasteiger partial charge < -0.3 is 20.5 Å². The van der Waals surface area contributed by atoms with Crippen LogP contribution in [0.5, 0.6) is 0 Å². The molecule has 1 saturated heterocycles. The Morgan fingerprint density at radius 3 is 2.82 bits per heavy atom. The SMILES string of the molecule is CCC(C(=O)NCC1(OC)CCOC1)C(N)=S. The summed E-state index contributed by atoms with van der Waals surface area (Å²) in [6.45, 7) is 3.49.